The number of ether oxygens (including phenoxy) is 1. The van der Waals surface area contributed by atoms with Crippen LogP contribution in [0.2, 0.25) is 5.02 Å². The van der Waals surface area contributed by atoms with Gasteiger partial charge in [0.2, 0.25) is 0 Å². The van der Waals surface area contributed by atoms with Crippen LogP contribution in [0.5, 0.6) is 5.75 Å². The molecular formula is C18H18ClFN3NaO3. The Morgan fingerprint density at radius 1 is 1.37 bits per heavy atom. The van der Waals surface area contributed by atoms with Gasteiger partial charge in [-0.1, -0.05) is 11.6 Å². The molecule has 1 aromatic carbocycles. The Morgan fingerprint density at radius 3 is 2.78 bits per heavy atom. The van der Waals surface area contributed by atoms with Crippen LogP contribution in [0.3, 0.4) is 0 Å². The topological polar surface area (TPSA) is 77.2 Å². The fraction of sp³-hybridized carbons (Fsp3) is 0.278. The van der Waals surface area contributed by atoms with E-state index in [1.54, 1.807) is 22.9 Å². The second-order valence-corrected chi connectivity index (χ2v) is 6.90. The molecule has 0 aliphatic carbocycles. The van der Waals surface area contributed by atoms with Crippen LogP contribution in [0.25, 0.3) is 11.0 Å². The summed E-state index contributed by atoms with van der Waals surface area (Å²) in [6.07, 6.45) is 2.88. The average molecular weight is 402 g/mol. The van der Waals surface area contributed by atoms with Gasteiger partial charge in [-0.15, -0.1) is 0 Å². The summed E-state index contributed by atoms with van der Waals surface area (Å²) in [5, 5.41) is 14.4. The first-order valence-corrected chi connectivity index (χ1v) is 8.26. The van der Waals surface area contributed by atoms with Crippen molar-refractivity contribution in [2.75, 3.05) is 6.61 Å². The molecule has 3 aromatic rings. The van der Waals surface area contributed by atoms with Crippen molar-refractivity contribution in [1.29, 1.82) is 0 Å². The fourth-order valence-electron chi connectivity index (χ4n) is 2.50. The summed E-state index contributed by atoms with van der Waals surface area (Å²) < 4.78 is 20.9. The predicted octanol–water partition coefficient (Wildman–Crippen LogP) is 3.31. The molecule has 9 heteroatoms. The first-order chi connectivity index (χ1) is 12.2. The Hall–Kier alpha value is -1.67. The predicted molar refractivity (Wildman–Crippen MR) is 103 cm³/mol. The molecule has 0 fully saturated rings. The molecule has 0 saturated carbocycles. The Balaban J connectivity index is 0.00000261. The average Bonchev–Trinajstić information content (AvgIpc) is 2.96. The number of pyridine rings is 1. The number of carbonyl (C=O) groups is 1. The summed E-state index contributed by atoms with van der Waals surface area (Å²) in [4.78, 5) is 15.5. The van der Waals surface area contributed by atoms with E-state index in [2.05, 4.69) is 10.1 Å². The molecule has 0 spiro atoms. The quantitative estimate of drug-likeness (QED) is 0.641. The SMILES string of the molecule is CC(C)(F)COc1ccc(Cl)cc1Cn1ncc2c(C(=O)O)ccnc21.[NaH]. The zero-order valence-corrected chi connectivity index (χ0v) is 15.0. The molecule has 0 unspecified atom stereocenters. The van der Waals surface area contributed by atoms with E-state index in [0.717, 1.165) is 0 Å². The Kier molecular flexibility index (Phi) is 6.86. The van der Waals surface area contributed by atoms with Gasteiger partial charge in [0, 0.05) is 16.8 Å². The Labute approximate surface area is 182 Å². The Morgan fingerprint density at radius 2 is 2.11 bits per heavy atom. The number of aromatic carboxylic acids is 1. The molecule has 27 heavy (non-hydrogen) atoms. The van der Waals surface area contributed by atoms with Crippen LogP contribution in [-0.2, 0) is 6.54 Å². The summed E-state index contributed by atoms with van der Waals surface area (Å²) in [6.45, 7) is 3.01. The molecule has 3 rings (SSSR count). The van der Waals surface area contributed by atoms with Crippen molar-refractivity contribution in [3.05, 3.63) is 52.8 Å². The first kappa shape index (κ1) is 21.6. The molecule has 1 N–H and O–H groups in total. The van der Waals surface area contributed by atoms with Crippen LogP contribution in [-0.4, -0.2) is 67.7 Å². The number of fused-ring (bicyclic) bond motifs is 1. The van der Waals surface area contributed by atoms with E-state index in [1.165, 1.54) is 32.3 Å². The standard InChI is InChI=1S/C18H17ClFN3O3.Na.H/c1-18(2,20)10-26-15-4-3-12(19)7-11(15)9-23-16-14(8-22-23)13(17(24)25)5-6-21-16;;/h3-8H,9-10H2,1-2H3,(H,24,25);;. The maximum absolute atomic E-state index is 13.8. The van der Waals surface area contributed by atoms with Crippen molar-refractivity contribution in [3.8, 4) is 5.75 Å². The molecule has 0 aliphatic heterocycles. The molecule has 0 aliphatic rings. The van der Waals surface area contributed by atoms with Crippen LogP contribution >= 0.6 is 11.6 Å². The molecule has 0 atom stereocenters. The van der Waals surface area contributed by atoms with Crippen molar-refractivity contribution in [1.82, 2.24) is 14.8 Å². The van der Waals surface area contributed by atoms with E-state index in [-0.39, 0.29) is 48.3 Å². The van der Waals surface area contributed by atoms with Crippen LogP contribution in [0.4, 0.5) is 4.39 Å². The molecule has 6 nitrogen and oxygen atoms in total. The molecule has 0 radical (unpaired) electrons. The zero-order valence-electron chi connectivity index (χ0n) is 14.2. The van der Waals surface area contributed by atoms with E-state index in [1.807, 2.05) is 0 Å². The number of benzene rings is 1. The second kappa shape index (κ2) is 8.56. The first-order valence-electron chi connectivity index (χ1n) is 7.88. The molecule has 2 heterocycles. The fourth-order valence-corrected chi connectivity index (χ4v) is 2.70. The maximum atomic E-state index is 13.8. The summed E-state index contributed by atoms with van der Waals surface area (Å²) in [5.74, 6) is -0.563. The van der Waals surface area contributed by atoms with Gasteiger partial charge in [0.25, 0.3) is 0 Å². The van der Waals surface area contributed by atoms with Gasteiger partial charge in [-0.2, -0.15) is 5.10 Å². The van der Waals surface area contributed by atoms with Gasteiger partial charge in [-0.3, -0.25) is 0 Å². The van der Waals surface area contributed by atoms with Gasteiger partial charge in [-0.05, 0) is 38.1 Å². The number of nitrogens with zero attached hydrogens (tertiary/aromatic N) is 3. The summed E-state index contributed by atoms with van der Waals surface area (Å²) in [6, 6.07) is 6.46. The van der Waals surface area contributed by atoms with E-state index in [4.69, 9.17) is 16.3 Å². The van der Waals surface area contributed by atoms with Gasteiger partial charge in [0.05, 0.1) is 23.7 Å². The molecule has 0 bridgehead atoms. The van der Waals surface area contributed by atoms with E-state index in [9.17, 15) is 14.3 Å². The van der Waals surface area contributed by atoms with Crippen molar-refractivity contribution in [2.45, 2.75) is 26.1 Å². The minimum absolute atomic E-state index is 0. The minimum atomic E-state index is -1.48. The van der Waals surface area contributed by atoms with Gasteiger partial charge >= 0.3 is 35.5 Å². The van der Waals surface area contributed by atoms with Crippen molar-refractivity contribution in [3.63, 3.8) is 0 Å². The van der Waals surface area contributed by atoms with Crippen LogP contribution < -0.4 is 4.74 Å². The Bertz CT molecular complexity index is 972. The molecule has 2 aromatic heterocycles. The van der Waals surface area contributed by atoms with Crippen molar-refractivity contribution < 1.29 is 19.0 Å². The number of aromatic nitrogens is 3. The monoisotopic (exact) mass is 401 g/mol. The normalized spacial score (nSPS) is 11.3. The zero-order chi connectivity index (χ0) is 18.9. The third kappa shape index (κ3) is 5.19. The van der Waals surface area contributed by atoms with Gasteiger partial charge in [0.15, 0.2) is 5.65 Å². The third-order valence-electron chi connectivity index (χ3n) is 3.68. The van der Waals surface area contributed by atoms with Crippen LogP contribution in [0.15, 0.2) is 36.7 Å². The molecule has 138 valence electrons. The number of halogens is 2. The van der Waals surface area contributed by atoms with E-state index >= 15 is 0 Å². The van der Waals surface area contributed by atoms with Gasteiger partial charge < -0.3 is 9.84 Å². The number of rotatable bonds is 6. The van der Waals surface area contributed by atoms with E-state index in [0.29, 0.717) is 27.4 Å². The van der Waals surface area contributed by atoms with Gasteiger partial charge in [-0.25, -0.2) is 18.9 Å². The third-order valence-corrected chi connectivity index (χ3v) is 3.92. The number of carboxylic acid groups (broad SMARTS) is 1. The van der Waals surface area contributed by atoms with Crippen LogP contribution in [0.1, 0.15) is 29.8 Å². The van der Waals surface area contributed by atoms with E-state index < -0.39 is 11.6 Å². The number of hydrogen-bond acceptors (Lipinski definition) is 4. The van der Waals surface area contributed by atoms with Crippen molar-refractivity contribution >= 4 is 58.2 Å². The van der Waals surface area contributed by atoms with Gasteiger partial charge in [0.1, 0.15) is 18.0 Å². The van der Waals surface area contributed by atoms with Crippen molar-refractivity contribution in [2.24, 2.45) is 0 Å². The molecular weight excluding hydrogens is 384 g/mol. The summed E-state index contributed by atoms with van der Waals surface area (Å²) in [7, 11) is 0. The molecule has 0 amide bonds. The number of hydrogen-bond donors (Lipinski definition) is 1. The molecule has 0 saturated heterocycles. The summed E-state index contributed by atoms with van der Waals surface area (Å²) >= 11 is 6.08. The second-order valence-electron chi connectivity index (χ2n) is 6.46. The number of carboxylic acids is 1. The van der Waals surface area contributed by atoms with Crippen LogP contribution in [0, 0.1) is 0 Å². The number of alkyl halides is 1. The summed E-state index contributed by atoms with van der Waals surface area (Å²) in [5.41, 5.74) is -0.230.